The van der Waals surface area contributed by atoms with Crippen molar-refractivity contribution in [1.29, 1.82) is 0 Å². The van der Waals surface area contributed by atoms with Crippen LogP contribution in [0, 0.1) is 0 Å². The second-order valence-electron chi connectivity index (χ2n) is 11.4. The minimum absolute atomic E-state index is 0.111. The summed E-state index contributed by atoms with van der Waals surface area (Å²) in [6.45, 7) is 0. The number of amides is 1. The molecule has 10 nitrogen and oxygen atoms in total. The molecule has 248 valence electrons. The Bertz CT molecular complexity index is 1840. The molecule has 1 N–H and O–H groups in total. The summed E-state index contributed by atoms with van der Waals surface area (Å²) in [5.41, 5.74) is 4.48. The van der Waals surface area contributed by atoms with Crippen molar-refractivity contribution in [2.45, 2.75) is 24.8 Å². The number of nitrogens with one attached hydrogen (secondary N) is 1. The number of anilines is 2. The molecule has 4 aromatic rings. The summed E-state index contributed by atoms with van der Waals surface area (Å²) in [4.78, 5) is 31.0. The van der Waals surface area contributed by atoms with Crippen LogP contribution in [-0.4, -0.2) is 54.3 Å². The molecule has 1 amide bonds. The predicted molar refractivity (Wildman–Crippen MR) is 182 cm³/mol. The third-order valence-corrected chi connectivity index (χ3v) is 8.89. The Labute approximate surface area is 279 Å². The molecule has 2 atom stereocenters. The molecule has 0 radical (unpaired) electrons. The second-order valence-corrected chi connectivity index (χ2v) is 11.4. The molecule has 2 aliphatic rings. The van der Waals surface area contributed by atoms with Gasteiger partial charge in [-0.2, -0.15) is 0 Å². The number of hydrogen-bond donors (Lipinski definition) is 1. The van der Waals surface area contributed by atoms with Crippen LogP contribution in [0.5, 0.6) is 34.5 Å². The van der Waals surface area contributed by atoms with E-state index in [1.165, 1.54) is 21.3 Å². The van der Waals surface area contributed by atoms with E-state index in [1.807, 2.05) is 54.6 Å². The van der Waals surface area contributed by atoms with Crippen molar-refractivity contribution in [2.24, 2.45) is 0 Å². The smallest absolute Gasteiger partial charge is 0.259 e. The molecular formula is C38H38N2O8. The number of benzene rings is 4. The maximum atomic E-state index is 14.7. The van der Waals surface area contributed by atoms with Gasteiger partial charge in [-0.05, 0) is 72.0 Å². The predicted octanol–water partition coefficient (Wildman–Crippen LogP) is 6.95. The van der Waals surface area contributed by atoms with Crippen LogP contribution < -0.4 is 38.6 Å². The molecule has 1 aliphatic carbocycles. The Morgan fingerprint density at radius 2 is 1.19 bits per heavy atom. The van der Waals surface area contributed by atoms with Gasteiger partial charge in [-0.3, -0.25) is 14.5 Å². The van der Waals surface area contributed by atoms with Crippen molar-refractivity contribution < 1.29 is 38.0 Å². The molecule has 0 saturated carbocycles. The summed E-state index contributed by atoms with van der Waals surface area (Å²) in [7, 11) is 9.30. The summed E-state index contributed by atoms with van der Waals surface area (Å²) >= 11 is 0. The standard InChI is InChI=1S/C38H38N2O8/c1-43-30-18-24(19-31(44-2)36(30)47-5)23-16-27-34(29(41)17-23)35(25-20-32(45-3)37(48-6)33(21-25)46-4)40(28-15-11-10-14-26(28)39-27)38(42)22-12-8-7-9-13-22/h7-15,18-21,23,35,39H,16-17H2,1-6H3/t23-,35-/m1/s1. The van der Waals surface area contributed by atoms with Crippen LogP contribution in [0.25, 0.3) is 0 Å². The van der Waals surface area contributed by atoms with Gasteiger partial charge < -0.3 is 33.7 Å². The van der Waals surface area contributed by atoms with E-state index < -0.39 is 6.04 Å². The minimum Gasteiger partial charge on any atom is -0.493 e. The van der Waals surface area contributed by atoms with Crippen LogP contribution in [0.3, 0.4) is 0 Å². The molecule has 0 bridgehead atoms. The zero-order valence-corrected chi connectivity index (χ0v) is 27.8. The van der Waals surface area contributed by atoms with Crippen LogP contribution in [-0.2, 0) is 4.79 Å². The van der Waals surface area contributed by atoms with Gasteiger partial charge in [-0.25, -0.2) is 0 Å². The molecule has 1 aliphatic heterocycles. The van der Waals surface area contributed by atoms with Gasteiger partial charge in [0.2, 0.25) is 11.5 Å². The summed E-state index contributed by atoms with van der Waals surface area (Å²) in [6.07, 6.45) is 0.659. The van der Waals surface area contributed by atoms with Crippen molar-refractivity contribution in [3.05, 3.63) is 107 Å². The van der Waals surface area contributed by atoms with E-state index in [1.54, 1.807) is 50.5 Å². The van der Waals surface area contributed by atoms with Crippen molar-refractivity contribution in [2.75, 3.05) is 52.9 Å². The van der Waals surface area contributed by atoms with E-state index in [0.717, 1.165) is 5.56 Å². The Morgan fingerprint density at radius 3 is 1.73 bits per heavy atom. The number of methoxy groups -OCH3 is 6. The van der Waals surface area contributed by atoms with Crippen LogP contribution in [0.2, 0.25) is 0 Å². The normalized spacial score (nSPS) is 17.0. The fourth-order valence-electron chi connectivity index (χ4n) is 6.68. The molecule has 0 spiro atoms. The SMILES string of the molecule is COc1cc([C@H]2CC(=O)C3=C(C2)Nc2ccccc2N(C(=O)c2ccccc2)[C@@H]3c2cc(OC)c(OC)c(OC)c2)cc(OC)c1OC. The van der Waals surface area contributed by atoms with Crippen molar-refractivity contribution in [3.63, 3.8) is 0 Å². The molecule has 10 heteroatoms. The molecule has 4 aromatic carbocycles. The van der Waals surface area contributed by atoms with Gasteiger partial charge >= 0.3 is 0 Å². The third kappa shape index (κ3) is 5.63. The number of Topliss-reactive ketones (excluding diaryl/α,β-unsaturated/α-hetero) is 1. The molecular weight excluding hydrogens is 612 g/mol. The number of rotatable bonds is 9. The van der Waals surface area contributed by atoms with E-state index in [0.29, 0.717) is 74.7 Å². The number of hydrogen-bond acceptors (Lipinski definition) is 9. The lowest BCUT2D eigenvalue weighted by molar-refractivity contribution is -0.116. The number of ketones is 1. The molecule has 0 aromatic heterocycles. The molecule has 0 saturated heterocycles. The van der Waals surface area contributed by atoms with Crippen LogP contribution >= 0.6 is 0 Å². The molecule has 1 heterocycles. The van der Waals surface area contributed by atoms with Gasteiger partial charge in [-0.15, -0.1) is 0 Å². The van der Waals surface area contributed by atoms with Gasteiger partial charge in [-0.1, -0.05) is 30.3 Å². The lowest BCUT2D eigenvalue weighted by atomic mass is 9.78. The van der Waals surface area contributed by atoms with Gasteiger partial charge in [0.25, 0.3) is 5.91 Å². The molecule has 0 unspecified atom stereocenters. The first kappa shape index (κ1) is 32.3. The van der Waals surface area contributed by atoms with Crippen molar-refractivity contribution in [1.82, 2.24) is 0 Å². The number of allylic oxidation sites excluding steroid dienone is 1. The van der Waals surface area contributed by atoms with Crippen LogP contribution in [0.15, 0.2) is 90.1 Å². The minimum atomic E-state index is -0.842. The van der Waals surface area contributed by atoms with E-state index in [4.69, 9.17) is 28.4 Å². The summed E-state index contributed by atoms with van der Waals surface area (Å²) in [5, 5.41) is 3.58. The van der Waals surface area contributed by atoms with Crippen LogP contribution in [0.1, 0.15) is 46.3 Å². The highest BCUT2D eigenvalue weighted by Gasteiger charge is 2.43. The maximum absolute atomic E-state index is 14.7. The first-order valence-electron chi connectivity index (χ1n) is 15.5. The van der Waals surface area contributed by atoms with E-state index in [9.17, 15) is 9.59 Å². The number of carbonyl (C=O) groups is 2. The summed E-state index contributed by atoms with van der Waals surface area (Å²) in [5.74, 6) is 2.11. The fraction of sp³-hybridized carbons (Fsp3) is 0.263. The number of nitrogens with zero attached hydrogens (tertiary/aromatic N) is 1. The van der Waals surface area contributed by atoms with E-state index in [-0.39, 0.29) is 24.0 Å². The largest absolute Gasteiger partial charge is 0.493 e. The highest BCUT2D eigenvalue weighted by molar-refractivity contribution is 6.12. The van der Waals surface area contributed by atoms with E-state index >= 15 is 0 Å². The molecule has 6 rings (SSSR count). The Hall–Kier alpha value is -5.64. The number of ether oxygens (including phenoxy) is 6. The quantitative estimate of drug-likeness (QED) is 0.206. The average molecular weight is 651 g/mol. The summed E-state index contributed by atoms with van der Waals surface area (Å²) in [6, 6.07) is 23.2. The lowest BCUT2D eigenvalue weighted by Gasteiger charge is -2.35. The Kier molecular flexibility index (Phi) is 9.16. The Balaban J connectivity index is 1.59. The average Bonchev–Trinajstić information content (AvgIpc) is 3.28. The van der Waals surface area contributed by atoms with Gasteiger partial charge in [0, 0.05) is 23.3 Å². The third-order valence-electron chi connectivity index (χ3n) is 8.89. The topological polar surface area (TPSA) is 105 Å². The van der Waals surface area contributed by atoms with Crippen LogP contribution in [0.4, 0.5) is 11.4 Å². The first-order valence-corrected chi connectivity index (χ1v) is 15.5. The fourth-order valence-corrected chi connectivity index (χ4v) is 6.68. The highest BCUT2D eigenvalue weighted by Crippen LogP contribution is 2.51. The maximum Gasteiger partial charge on any atom is 0.259 e. The van der Waals surface area contributed by atoms with Gasteiger partial charge in [0.1, 0.15) is 0 Å². The Morgan fingerprint density at radius 1 is 0.667 bits per heavy atom. The molecule has 48 heavy (non-hydrogen) atoms. The number of fused-ring (bicyclic) bond motifs is 1. The number of carbonyl (C=O) groups excluding carboxylic acids is 2. The van der Waals surface area contributed by atoms with Crippen molar-refractivity contribution in [3.8, 4) is 34.5 Å². The van der Waals surface area contributed by atoms with Gasteiger partial charge in [0.15, 0.2) is 28.8 Å². The lowest BCUT2D eigenvalue weighted by Crippen LogP contribution is -2.38. The zero-order valence-electron chi connectivity index (χ0n) is 27.8. The number of para-hydroxylation sites is 2. The summed E-state index contributed by atoms with van der Waals surface area (Å²) < 4.78 is 33.9. The zero-order chi connectivity index (χ0) is 33.9. The monoisotopic (exact) mass is 650 g/mol. The highest BCUT2D eigenvalue weighted by atomic mass is 16.5. The second kappa shape index (κ2) is 13.6. The van der Waals surface area contributed by atoms with Gasteiger partial charge in [0.05, 0.1) is 60.1 Å². The van der Waals surface area contributed by atoms with E-state index in [2.05, 4.69) is 5.32 Å². The first-order chi connectivity index (χ1) is 23.4. The van der Waals surface area contributed by atoms with Crippen molar-refractivity contribution >= 4 is 23.1 Å². The molecule has 0 fully saturated rings.